The Bertz CT molecular complexity index is 452. The molecule has 0 atom stereocenters. The number of ether oxygens (including phenoxy) is 1. The first kappa shape index (κ1) is 20.7. The van der Waals surface area contributed by atoms with E-state index in [2.05, 4.69) is 31.2 Å². The van der Waals surface area contributed by atoms with Crippen LogP contribution in [0.15, 0.2) is 73.3 Å². The van der Waals surface area contributed by atoms with Crippen LogP contribution in [0.1, 0.15) is 45.4 Å². The summed E-state index contributed by atoms with van der Waals surface area (Å²) in [5.41, 5.74) is 0. The fourth-order valence-electron chi connectivity index (χ4n) is 1.53. The Morgan fingerprint density at radius 2 is 1.48 bits per heavy atom. The minimum Gasteiger partial charge on any atom is -0.481 e. The fourth-order valence-corrected chi connectivity index (χ4v) is 1.53. The summed E-state index contributed by atoms with van der Waals surface area (Å²) in [6.07, 6.45) is 27.8. The average Bonchev–Trinajstić information content (AvgIpc) is 2.53. The molecule has 0 aliphatic carbocycles. The van der Waals surface area contributed by atoms with E-state index in [4.69, 9.17) is 9.84 Å². The molecule has 0 fully saturated rings. The van der Waals surface area contributed by atoms with Gasteiger partial charge in [-0.2, -0.15) is 0 Å². The molecule has 0 aromatic heterocycles. The molecular formula is C20H28O3. The Kier molecular flexibility index (Phi) is 16.0. The SMILES string of the molecule is CC/C=C\C=C/O/C=C/C=C\C/C=C\C/C=C\CCCC(=O)O. The van der Waals surface area contributed by atoms with Gasteiger partial charge < -0.3 is 9.84 Å². The van der Waals surface area contributed by atoms with Gasteiger partial charge in [-0.1, -0.05) is 55.5 Å². The molecule has 126 valence electrons. The van der Waals surface area contributed by atoms with E-state index in [9.17, 15) is 4.79 Å². The highest BCUT2D eigenvalue weighted by molar-refractivity contribution is 5.66. The molecule has 3 heteroatoms. The summed E-state index contributed by atoms with van der Waals surface area (Å²) < 4.78 is 5.16. The van der Waals surface area contributed by atoms with E-state index in [0.29, 0.717) is 6.42 Å². The van der Waals surface area contributed by atoms with Crippen LogP contribution in [0.2, 0.25) is 0 Å². The maximum atomic E-state index is 10.3. The summed E-state index contributed by atoms with van der Waals surface area (Å²) in [5.74, 6) is -0.728. The lowest BCUT2D eigenvalue weighted by Gasteiger charge is -1.89. The van der Waals surface area contributed by atoms with Crippen molar-refractivity contribution in [3.8, 4) is 0 Å². The van der Waals surface area contributed by atoms with E-state index >= 15 is 0 Å². The summed E-state index contributed by atoms with van der Waals surface area (Å²) in [4.78, 5) is 10.3. The molecule has 0 aromatic rings. The Labute approximate surface area is 140 Å². The van der Waals surface area contributed by atoms with Crippen molar-refractivity contribution in [1.29, 1.82) is 0 Å². The van der Waals surface area contributed by atoms with Crippen LogP contribution in [0, 0.1) is 0 Å². The van der Waals surface area contributed by atoms with Gasteiger partial charge in [0.1, 0.15) is 0 Å². The molecule has 0 heterocycles. The maximum absolute atomic E-state index is 10.3. The lowest BCUT2D eigenvalue weighted by atomic mass is 10.2. The molecule has 3 nitrogen and oxygen atoms in total. The number of carbonyl (C=O) groups is 1. The van der Waals surface area contributed by atoms with Crippen molar-refractivity contribution >= 4 is 5.97 Å². The van der Waals surface area contributed by atoms with Crippen LogP contribution >= 0.6 is 0 Å². The zero-order valence-corrected chi connectivity index (χ0v) is 13.9. The quantitative estimate of drug-likeness (QED) is 0.205. The van der Waals surface area contributed by atoms with Crippen LogP contribution in [0.4, 0.5) is 0 Å². The first-order chi connectivity index (χ1) is 11.3. The number of carboxylic acid groups (broad SMARTS) is 1. The van der Waals surface area contributed by atoms with Gasteiger partial charge in [-0.05, 0) is 44.3 Å². The minimum absolute atomic E-state index is 0.243. The van der Waals surface area contributed by atoms with Gasteiger partial charge in [0.05, 0.1) is 12.5 Å². The van der Waals surface area contributed by atoms with Crippen LogP contribution in [0.3, 0.4) is 0 Å². The van der Waals surface area contributed by atoms with E-state index in [0.717, 1.165) is 25.7 Å². The van der Waals surface area contributed by atoms with Crippen LogP contribution in [0.5, 0.6) is 0 Å². The number of unbranched alkanes of at least 4 members (excludes halogenated alkanes) is 1. The summed E-state index contributed by atoms with van der Waals surface area (Å²) >= 11 is 0. The molecule has 0 aliphatic heterocycles. The summed E-state index contributed by atoms with van der Waals surface area (Å²) in [7, 11) is 0. The van der Waals surface area contributed by atoms with Gasteiger partial charge in [0.15, 0.2) is 0 Å². The smallest absolute Gasteiger partial charge is 0.303 e. The molecule has 0 rings (SSSR count). The molecular weight excluding hydrogens is 288 g/mol. The molecule has 0 amide bonds. The number of rotatable bonds is 13. The van der Waals surface area contributed by atoms with E-state index in [1.165, 1.54) is 0 Å². The third-order valence-corrected chi connectivity index (χ3v) is 2.68. The molecule has 1 N–H and O–H groups in total. The lowest BCUT2D eigenvalue weighted by molar-refractivity contribution is -0.137. The van der Waals surface area contributed by atoms with Gasteiger partial charge in [0, 0.05) is 6.42 Å². The van der Waals surface area contributed by atoms with E-state index in [1.54, 1.807) is 12.5 Å². The number of aliphatic carboxylic acids is 1. The van der Waals surface area contributed by atoms with Crippen LogP contribution in [0.25, 0.3) is 0 Å². The maximum Gasteiger partial charge on any atom is 0.303 e. The predicted molar refractivity (Wildman–Crippen MR) is 96.9 cm³/mol. The highest BCUT2D eigenvalue weighted by Crippen LogP contribution is 1.98. The third kappa shape index (κ3) is 19.7. The number of hydrogen-bond acceptors (Lipinski definition) is 2. The van der Waals surface area contributed by atoms with Crippen molar-refractivity contribution in [1.82, 2.24) is 0 Å². The molecule has 0 aliphatic rings. The summed E-state index contributed by atoms with van der Waals surface area (Å²) in [6.45, 7) is 2.09. The largest absolute Gasteiger partial charge is 0.481 e. The van der Waals surface area contributed by atoms with Crippen molar-refractivity contribution in [2.45, 2.75) is 45.4 Å². The van der Waals surface area contributed by atoms with Gasteiger partial charge in [-0.15, -0.1) is 0 Å². The van der Waals surface area contributed by atoms with Crippen molar-refractivity contribution < 1.29 is 14.6 Å². The molecule has 0 spiro atoms. The first-order valence-electron chi connectivity index (χ1n) is 8.08. The standard InChI is InChI=1S/C20H28O3/c1-2-3-4-15-18-23-19-16-13-11-9-7-5-6-8-10-12-14-17-20(21)22/h3-5,7-8,10-11,13,15-16,18-19H,2,6,9,12,14,17H2,1H3,(H,21,22)/b4-3-,7-5-,10-8-,13-11-,18-15-,19-16+. The lowest BCUT2D eigenvalue weighted by Crippen LogP contribution is -1.92. The van der Waals surface area contributed by atoms with Crippen LogP contribution in [-0.4, -0.2) is 11.1 Å². The van der Waals surface area contributed by atoms with Gasteiger partial charge in [0.2, 0.25) is 0 Å². The van der Waals surface area contributed by atoms with E-state index in [-0.39, 0.29) is 6.42 Å². The fraction of sp³-hybridized carbons (Fsp3) is 0.350. The molecule has 0 saturated heterocycles. The second kappa shape index (κ2) is 17.8. The molecule has 23 heavy (non-hydrogen) atoms. The molecule has 0 unspecified atom stereocenters. The van der Waals surface area contributed by atoms with Crippen LogP contribution in [-0.2, 0) is 9.53 Å². The van der Waals surface area contributed by atoms with Crippen molar-refractivity contribution in [3.05, 3.63) is 73.3 Å². The Hall–Kier alpha value is -2.29. The van der Waals surface area contributed by atoms with E-state index < -0.39 is 5.97 Å². The van der Waals surface area contributed by atoms with Crippen molar-refractivity contribution in [2.24, 2.45) is 0 Å². The predicted octanol–water partition coefficient (Wildman–Crippen LogP) is 5.70. The Balaban J connectivity index is 3.54. The zero-order chi connectivity index (χ0) is 17.0. The third-order valence-electron chi connectivity index (χ3n) is 2.68. The minimum atomic E-state index is -0.728. The molecule has 0 aromatic carbocycles. The van der Waals surface area contributed by atoms with Gasteiger partial charge >= 0.3 is 5.97 Å². The van der Waals surface area contributed by atoms with Gasteiger partial charge in [-0.25, -0.2) is 0 Å². The summed E-state index contributed by atoms with van der Waals surface area (Å²) in [5, 5.41) is 8.49. The van der Waals surface area contributed by atoms with Crippen LogP contribution < -0.4 is 0 Å². The summed E-state index contributed by atoms with van der Waals surface area (Å²) in [6, 6.07) is 0. The van der Waals surface area contributed by atoms with Crippen molar-refractivity contribution in [3.63, 3.8) is 0 Å². The van der Waals surface area contributed by atoms with Gasteiger partial charge in [0.25, 0.3) is 0 Å². The second-order valence-electron chi connectivity index (χ2n) is 4.76. The molecule has 0 saturated carbocycles. The van der Waals surface area contributed by atoms with Gasteiger partial charge in [-0.3, -0.25) is 4.79 Å². The Morgan fingerprint density at radius 3 is 2.13 bits per heavy atom. The molecule has 0 bridgehead atoms. The zero-order valence-electron chi connectivity index (χ0n) is 13.9. The molecule has 0 radical (unpaired) electrons. The highest BCUT2D eigenvalue weighted by atomic mass is 16.5. The Morgan fingerprint density at radius 1 is 0.870 bits per heavy atom. The topological polar surface area (TPSA) is 46.5 Å². The number of hydrogen-bond donors (Lipinski definition) is 1. The second-order valence-corrected chi connectivity index (χ2v) is 4.76. The normalized spacial score (nSPS) is 12.9. The number of allylic oxidation sites excluding steroid dienone is 10. The highest BCUT2D eigenvalue weighted by Gasteiger charge is 1.92. The van der Waals surface area contributed by atoms with Crippen molar-refractivity contribution in [2.75, 3.05) is 0 Å². The monoisotopic (exact) mass is 316 g/mol. The van der Waals surface area contributed by atoms with E-state index in [1.807, 2.05) is 36.5 Å². The first-order valence-corrected chi connectivity index (χ1v) is 8.08. The number of carboxylic acids is 1. The average molecular weight is 316 g/mol.